The van der Waals surface area contributed by atoms with Gasteiger partial charge >= 0.3 is 0 Å². The van der Waals surface area contributed by atoms with Crippen molar-refractivity contribution >= 4 is 0 Å². The number of hydrogen-bond acceptors (Lipinski definition) is 2. The van der Waals surface area contributed by atoms with Crippen LogP contribution in [0.15, 0.2) is 24.3 Å². The molecule has 0 aliphatic rings. The van der Waals surface area contributed by atoms with E-state index < -0.39 is 0 Å². The van der Waals surface area contributed by atoms with Gasteiger partial charge in [0.1, 0.15) is 0 Å². The molecule has 17 heavy (non-hydrogen) atoms. The van der Waals surface area contributed by atoms with Crippen LogP contribution < -0.4 is 5.73 Å². The third kappa shape index (κ3) is 4.14. The highest BCUT2D eigenvalue weighted by atomic mass is 16.3. The number of aliphatic hydroxyl groups is 1. The molecule has 3 N–H and O–H groups in total. The van der Waals surface area contributed by atoms with E-state index in [1.54, 1.807) is 0 Å². The Labute approximate surface area is 105 Å². The minimum Gasteiger partial charge on any atom is -0.393 e. The van der Waals surface area contributed by atoms with Gasteiger partial charge in [-0.2, -0.15) is 0 Å². The van der Waals surface area contributed by atoms with Crippen molar-refractivity contribution in [2.75, 3.05) is 0 Å². The molecule has 0 spiro atoms. The summed E-state index contributed by atoms with van der Waals surface area (Å²) in [6, 6.07) is 8.18. The first-order chi connectivity index (χ1) is 8.06. The fourth-order valence-electron chi connectivity index (χ4n) is 2.01. The first-order valence-corrected chi connectivity index (χ1v) is 6.56. The van der Waals surface area contributed by atoms with E-state index in [0.717, 1.165) is 24.8 Å². The van der Waals surface area contributed by atoms with Gasteiger partial charge in [-0.1, -0.05) is 56.5 Å². The van der Waals surface area contributed by atoms with E-state index in [1.807, 2.05) is 6.92 Å². The topological polar surface area (TPSA) is 46.2 Å². The number of unbranched alkanes of at least 4 members (excludes halogenated alkanes) is 1. The molecule has 0 saturated carbocycles. The molecule has 1 aromatic carbocycles. The normalized spacial score (nSPS) is 16.5. The Morgan fingerprint density at radius 2 is 1.82 bits per heavy atom. The van der Waals surface area contributed by atoms with Crippen LogP contribution in [0.25, 0.3) is 0 Å². The minimum absolute atomic E-state index is 0.0811. The van der Waals surface area contributed by atoms with E-state index in [1.165, 1.54) is 5.56 Å². The van der Waals surface area contributed by atoms with Crippen LogP contribution in [-0.4, -0.2) is 11.2 Å². The molecule has 96 valence electrons. The van der Waals surface area contributed by atoms with Crippen LogP contribution in [0.2, 0.25) is 0 Å². The lowest BCUT2D eigenvalue weighted by atomic mass is 9.88. The quantitative estimate of drug-likeness (QED) is 0.795. The van der Waals surface area contributed by atoms with E-state index in [9.17, 15) is 5.11 Å². The smallest absolute Gasteiger partial charge is 0.0583 e. The van der Waals surface area contributed by atoms with Crippen LogP contribution >= 0.6 is 0 Å². The van der Waals surface area contributed by atoms with E-state index in [-0.39, 0.29) is 18.1 Å². The zero-order chi connectivity index (χ0) is 12.8. The Morgan fingerprint density at radius 3 is 2.35 bits per heavy atom. The lowest BCUT2D eigenvalue weighted by Gasteiger charge is -2.25. The van der Waals surface area contributed by atoms with Gasteiger partial charge in [0.25, 0.3) is 0 Å². The maximum absolute atomic E-state index is 10.1. The fourth-order valence-corrected chi connectivity index (χ4v) is 2.01. The van der Waals surface area contributed by atoms with Gasteiger partial charge in [0.2, 0.25) is 0 Å². The number of rotatable bonds is 6. The molecule has 2 heteroatoms. The van der Waals surface area contributed by atoms with Gasteiger partial charge in [-0.05, 0) is 18.9 Å². The molecular formula is C15H25NO. The average Bonchev–Trinajstić information content (AvgIpc) is 2.35. The first-order valence-electron chi connectivity index (χ1n) is 6.56. The van der Waals surface area contributed by atoms with Gasteiger partial charge in [-0.25, -0.2) is 0 Å². The molecular weight excluding hydrogens is 210 g/mol. The summed E-state index contributed by atoms with van der Waals surface area (Å²) in [4.78, 5) is 0. The second kappa shape index (κ2) is 6.77. The third-order valence-corrected chi connectivity index (χ3v) is 3.49. The monoisotopic (exact) mass is 235 g/mol. The predicted molar refractivity (Wildman–Crippen MR) is 72.8 cm³/mol. The summed E-state index contributed by atoms with van der Waals surface area (Å²) in [7, 11) is 0. The second-order valence-corrected chi connectivity index (χ2v) is 5.01. The maximum atomic E-state index is 10.1. The van der Waals surface area contributed by atoms with Crippen LogP contribution in [0.1, 0.15) is 50.3 Å². The summed E-state index contributed by atoms with van der Waals surface area (Å²) in [6.45, 7) is 6.23. The molecule has 0 amide bonds. The Hall–Kier alpha value is -0.860. The molecule has 3 atom stereocenters. The van der Waals surface area contributed by atoms with Crippen molar-refractivity contribution in [3.05, 3.63) is 35.4 Å². The van der Waals surface area contributed by atoms with Gasteiger partial charge in [-0.15, -0.1) is 0 Å². The van der Waals surface area contributed by atoms with E-state index in [0.29, 0.717) is 0 Å². The highest BCUT2D eigenvalue weighted by Gasteiger charge is 2.21. The standard InChI is InChI=1S/C15H25NO/c1-4-5-6-14(17)12(3)15(16)13-9-7-11(2)8-10-13/h7-10,12,14-15,17H,4-6,16H2,1-3H3/t12-,14+,15+/m0/s1. The zero-order valence-electron chi connectivity index (χ0n) is 11.2. The fraction of sp³-hybridized carbons (Fsp3) is 0.600. The summed E-state index contributed by atoms with van der Waals surface area (Å²) >= 11 is 0. The summed E-state index contributed by atoms with van der Waals surface area (Å²) in [6.07, 6.45) is 2.72. The third-order valence-electron chi connectivity index (χ3n) is 3.49. The summed E-state index contributed by atoms with van der Waals surface area (Å²) in [5.41, 5.74) is 8.55. The SMILES string of the molecule is CCCC[C@@H](O)[C@H](C)[C@@H](N)c1ccc(C)cc1. The lowest BCUT2D eigenvalue weighted by Crippen LogP contribution is -2.29. The molecule has 0 fully saturated rings. The van der Waals surface area contributed by atoms with Gasteiger partial charge in [0, 0.05) is 12.0 Å². The van der Waals surface area contributed by atoms with Gasteiger partial charge in [0.15, 0.2) is 0 Å². The summed E-state index contributed by atoms with van der Waals surface area (Å²) in [5.74, 6) is 0.101. The molecule has 1 aromatic rings. The summed E-state index contributed by atoms with van der Waals surface area (Å²) in [5, 5.41) is 10.1. The van der Waals surface area contributed by atoms with Crippen molar-refractivity contribution in [1.82, 2.24) is 0 Å². The van der Waals surface area contributed by atoms with E-state index in [2.05, 4.69) is 38.1 Å². The minimum atomic E-state index is -0.300. The molecule has 0 heterocycles. The highest BCUT2D eigenvalue weighted by molar-refractivity contribution is 5.24. The number of aliphatic hydroxyl groups excluding tert-OH is 1. The van der Waals surface area contributed by atoms with Gasteiger partial charge in [0.05, 0.1) is 6.10 Å². The van der Waals surface area contributed by atoms with Crippen molar-refractivity contribution in [2.24, 2.45) is 11.7 Å². The molecule has 0 unspecified atom stereocenters. The van der Waals surface area contributed by atoms with E-state index >= 15 is 0 Å². The summed E-state index contributed by atoms with van der Waals surface area (Å²) < 4.78 is 0. The number of hydrogen-bond donors (Lipinski definition) is 2. The van der Waals surface area contributed by atoms with Crippen LogP contribution in [0, 0.1) is 12.8 Å². The van der Waals surface area contributed by atoms with Crippen LogP contribution in [0.5, 0.6) is 0 Å². The molecule has 1 rings (SSSR count). The number of nitrogens with two attached hydrogens (primary N) is 1. The lowest BCUT2D eigenvalue weighted by molar-refractivity contribution is 0.0915. The van der Waals surface area contributed by atoms with Crippen LogP contribution in [0.4, 0.5) is 0 Å². The molecule has 0 radical (unpaired) electrons. The molecule has 0 bridgehead atoms. The molecule has 0 aromatic heterocycles. The molecule has 0 aliphatic carbocycles. The first kappa shape index (κ1) is 14.2. The largest absolute Gasteiger partial charge is 0.393 e. The number of benzene rings is 1. The van der Waals surface area contributed by atoms with Crippen molar-refractivity contribution < 1.29 is 5.11 Å². The second-order valence-electron chi connectivity index (χ2n) is 5.01. The van der Waals surface area contributed by atoms with Crippen LogP contribution in [0.3, 0.4) is 0 Å². The number of aryl methyl sites for hydroxylation is 1. The highest BCUT2D eigenvalue weighted by Crippen LogP contribution is 2.24. The Morgan fingerprint density at radius 1 is 1.24 bits per heavy atom. The van der Waals surface area contributed by atoms with Gasteiger partial charge in [-0.3, -0.25) is 0 Å². The Bertz CT molecular complexity index is 320. The van der Waals surface area contributed by atoms with Crippen molar-refractivity contribution in [2.45, 2.75) is 52.2 Å². The molecule has 0 saturated heterocycles. The molecule has 0 aliphatic heterocycles. The van der Waals surface area contributed by atoms with Crippen molar-refractivity contribution in [3.63, 3.8) is 0 Å². The average molecular weight is 235 g/mol. The zero-order valence-corrected chi connectivity index (χ0v) is 11.2. The van der Waals surface area contributed by atoms with E-state index in [4.69, 9.17) is 5.73 Å². The Kier molecular flexibility index (Phi) is 5.66. The maximum Gasteiger partial charge on any atom is 0.0583 e. The van der Waals surface area contributed by atoms with Gasteiger partial charge < -0.3 is 10.8 Å². The van der Waals surface area contributed by atoms with Crippen molar-refractivity contribution in [1.29, 1.82) is 0 Å². The molecule has 2 nitrogen and oxygen atoms in total. The van der Waals surface area contributed by atoms with Crippen molar-refractivity contribution in [3.8, 4) is 0 Å². The Balaban J connectivity index is 2.62. The predicted octanol–water partition coefficient (Wildman–Crippen LogP) is 3.18. The van der Waals surface area contributed by atoms with Crippen LogP contribution in [-0.2, 0) is 0 Å².